The lowest BCUT2D eigenvalue weighted by Crippen LogP contribution is -2.41. The number of amides is 1. The van der Waals surface area contributed by atoms with Gasteiger partial charge in [0.05, 0.1) is 19.1 Å². The van der Waals surface area contributed by atoms with Crippen molar-refractivity contribution >= 4 is 33.2 Å². The number of likely N-dealkylation sites (N-methyl/N-ethyl adjacent to an activating group) is 1. The maximum absolute atomic E-state index is 12.6. The number of sulfonamides is 1. The molecule has 0 aliphatic rings. The van der Waals surface area contributed by atoms with Crippen LogP contribution in [-0.4, -0.2) is 46.2 Å². The Balaban J connectivity index is 2.26. The highest BCUT2D eigenvalue weighted by Crippen LogP contribution is 2.32. The Kier molecular flexibility index (Phi) is 6.50. The lowest BCUT2D eigenvalue weighted by Gasteiger charge is -2.26. The Bertz CT molecular complexity index is 872. The molecule has 0 atom stereocenters. The Hall–Kier alpha value is -2.25. The summed E-state index contributed by atoms with van der Waals surface area (Å²) in [6, 6.07) is 14.1. The first-order valence-electron chi connectivity index (χ1n) is 7.81. The number of halogens is 1. The summed E-state index contributed by atoms with van der Waals surface area (Å²) in [5, 5.41) is 0.347. The summed E-state index contributed by atoms with van der Waals surface area (Å²) in [6.45, 7) is 0.0306. The van der Waals surface area contributed by atoms with Gasteiger partial charge in [0.1, 0.15) is 12.3 Å². The zero-order valence-electron chi connectivity index (χ0n) is 14.8. The van der Waals surface area contributed by atoms with Crippen LogP contribution in [0.3, 0.4) is 0 Å². The summed E-state index contributed by atoms with van der Waals surface area (Å²) >= 11 is 6.00. The van der Waals surface area contributed by atoms with Crippen LogP contribution in [0.2, 0.25) is 5.02 Å². The van der Waals surface area contributed by atoms with Crippen molar-refractivity contribution in [3.8, 4) is 5.75 Å². The average Bonchev–Trinajstić information content (AvgIpc) is 2.59. The Morgan fingerprint density at radius 2 is 1.81 bits per heavy atom. The van der Waals surface area contributed by atoms with E-state index in [9.17, 15) is 13.2 Å². The maximum Gasteiger partial charge on any atom is 0.243 e. The zero-order valence-corrected chi connectivity index (χ0v) is 16.4. The molecule has 0 saturated heterocycles. The number of carbonyl (C=O) groups is 1. The molecule has 2 aromatic carbocycles. The van der Waals surface area contributed by atoms with Crippen molar-refractivity contribution in [3.05, 3.63) is 59.1 Å². The molecule has 8 heteroatoms. The second-order valence-electron chi connectivity index (χ2n) is 5.82. The first-order chi connectivity index (χ1) is 12.2. The molecular weight excluding hydrogens is 376 g/mol. The van der Waals surface area contributed by atoms with Gasteiger partial charge in [-0.15, -0.1) is 0 Å². The molecule has 26 heavy (non-hydrogen) atoms. The normalized spacial score (nSPS) is 11.1. The zero-order chi connectivity index (χ0) is 19.3. The first-order valence-corrected chi connectivity index (χ1v) is 10.0. The summed E-state index contributed by atoms with van der Waals surface area (Å²) in [6.07, 6.45) is 1.04. The van der Waals surface area contributed by atoms with E-state index >= 15 is 0 Å². The molecule has 2 aromatic rings. The summed E-state index contributed by atoms with van der Waals surface area (Å²) in [5.41, 5.74) is 1.18. The van der Waals surface area contributed by atoms with Crippen LogP contribution in [0.15, 0.2) is 48.5 Å². The fraction of sp³-hybridized carbons (Fsp3) is 0.278. The molecule has 6 nitrogen and oxygen atoms in total. The fourth-order valence-corrected chi connectivity index (χ4v) is 3.44. The first kappa shape index (κ1) is 20.1. The van der Waals surface area contributed by atoms with Gasteiger partial charge < -0.3 is 9.64 Å². The number of carbonyl (C=O) groups excluding carboxylic acids is 1. The third-order valence-corrected chi connectivity index (χ3v) is 5.14. The third kappa shape index (κ3) is 5.12. The van der Waals surface area contributed by atoms with E-state index in [1.54, 1.807) is 19.2 Å². The van der Waals surface area contributed by atoms with E-state index in [1.165, 1.54) is 18.1 Å². The fourth-order valence-electron chi connectivity index (χ4n) is 2.43. The smallest absolute Gasteiger partial charge is 0.243 e. The number of nitrogens with zero attached hydrogens (tertiary/aromatic N) is 2. The van der Waals surface area contributed by atoms with Crippen molar-refractivity contribution in [3.63, 3.8) is 0 Å². The van der Waals surface area contributed by atoms with Gasteiger partial charge in [-0.25, -0.2) is 8.42 Å². The van der Waals surface area contributed by atoms with Crippen molar-refractivity contribution in [2.24, 2.45) is 0 Å². The monoisotopic (exact) mass is 396 g/mol. The predicted octanol–water partition coefficient (Wildman–Crippen LogP) is 2.77. The summed E-state index contributed by atoms with van der Waals surface area (Å²) < 4.78 is 30.8. The van der Waals surface area contributed by atoms with Gasteiger partial charge in [0.25, 0.3) is 0 Å². The van der Waals surface area contributed by atoms with Crippen LogP contribution in [0.4, 0.5) is 5.69 Å². The molecule has 0 spiro atoms. The lowest BCUT2D eigenvalue weighted by atomic mass is 10.2. The average molecular weight is 397 g/mol. The quantitative estimate of drug-likeness (QED) is 0.721. The SMILES string of the molecule is COc1ccc(Cl)cc1N(CC(=O)N(C)Cc1ccccc1)S(C)(=O)=O. The van der Waals surface area contributed by atoms with Crippen LogP contribution in [0, 0.1) is 0 Å². The second-order valence-corrected chi connectivity index (χ2v) is 8.16. The molecule has 0 fully saturated rings. The Labute approximate surface area is 159 Å². The molecule has 0 bridgehead atoms. The summed E-state index contributed by atoms with van der Waals surface area (Å²) in [5.74, 6) is -0.0281. The molecule has 0 aliphatic heterocycles. The molecule has 1 amide bonds. The largest absolute Gasteiger partial charge is 0.495 e. The van der Waals surface area contributed by atoms with E-state index < -0.39 is 10.0 Å². The van der Waals surface area contributed by atoms with E-state index in [-0.39, 0.29) is 18.1 Å². The topological polar surface area (TPSA) is 66.9 Å². The molecule has 0 heterocycles. The summed E-state index contributed by atoms with van der Waals surface area (Å²) in [4.78, 5) is 14.1. The van der Waals surface area contributed by atoms with E-state index in [0.717, 1.165) is 16.1 Å². The lowest BCUT2D eigenvalue weighted by molar-refractivity contribution is -0.128. The van der Waals surface area contributed by atoms with Crippen LogP contribution in [0.5, 0.6) is 5.75 Å². The standard InChI is InChI=1S/C18H21ClN2O4S/c1-20(12-14-7-5-4-6-8-14)18(22)13-21(26(3,23)24)16-11-15(19)9-10-17(16)25-2/h4-11H,12-13H2,1-3H3. The molecule has 0 radical (unpaired) electrons. The van der Waals surface area contributed by atoms with Gasteiger partial charge in [0.2, 0.25) is 15.9 Å². The number of anilines is 1. The van der Waals surface area contributed by atoms with Gasteiger partial charge >= 0.3 is 0 Å². The van der Waals surface area contributed by atoms with E-state index in [0.29, 0.717) is 17.3 Å². The maximum atomic E-state index is 12.6. The van der Waals surface area contributed by atoms with Gasteiger partial charge in [-0.1, -0.05) is 41.9 Å². The molecule has 0 saturated carbocycles. The Morgan fingerprint density at radius 3 is 2.38 bits per heavy atom. The van der Waals surface area contributed by atoms with Gasteiger partial charge in [0, 0.05) is 18.6 Å². The minimum Gasteiger partial charge on any atom is -0.495 e. The van der Waals surface area contributed by atoms with Crippen molar-refractivity contribution in [1.82, 2.24) is 4.90 Å². The van der Waals surface area contributed by atoms with E-state index in [4.69, 9.17) is 16.3 Å². The van der Waals surface area contributed by atoms with Crippen LogP contribution < -0.4 is 9.04 Å². The summed E-state index contributed by atoms with van der Waals surface area (Å²) in [7, 11) is -0.664. The van der Waals surface area contributed by atoms with Crippen molar-refractivity contribution in [2.75, 3.05) is 31.3 Å². The number of benzene rings is 2. The molecule has 0 aromatic heterocycles. The molecule has 140 valence electrons. The number of ether oxygens (including phenoxy) is 1. The highest BCUT2D eigenvalue weighted by Gasteiger charge is 2.25. The second kappa shape index (κ2) is 8.42. The van der Waals surface area contributed by atoms with E-state index in [2.05, 4.69) is 0 Å². The van der Waals surface area contributed by atoms with Gasteiger partial charge in [-0.3, -0.25) is 9.10 Å². The molecular formula is C18H21ClN2O4S. The van der Waals surface area contributed by atoms with Gasteiger partial charge in [-0.2, -0.15) is 0 Å². The van der Waals surface area contributed by atoms with E-state index in [1.807, 2.05) is 30.3 Å². The third-order valence-electron chi connectivity index (χ3n) is 3.78. The van der Waals surface area contributed by atoms with Crippen LogP contribution in [0.1, 0.15) is 5.56 Å². The molecule has 0 N–H and O–H groups in total. The van der Waals surface area contributed by atoms with Gasteiger partial charge in [-0.05, 0) is 23.8 Å². The minimum atomic E-state index is -3.72. The number of hydrogen-bond donors (Lipinski definition) is 0. The van der Waals surface area contributed by atoms with Crippen molar-refractivity contribution < 1.29 is 17.9 Å². The van der Waals surface area contributed by atoms with Crippen LogP contribution >= 0.6 is 11.6 Å². The van der Waals surface area contributed by atoms with Crippen LogP contribution in [0.25, 0.3) is 0 Å². The molecule has 2 rings (SSSR count). The van der Waals surface area contributed by atoms with Crippen LogP contribution in [-0.2, 0) is 21.4 Å². The minimum absolute atomic E-state index is 0.226. The predicted molar refractivity (Wildman–Crippen MR) is 103 cm³/mol. The number of hydrogen-bond acceptors (Lipinski definition) is 4. The van der Waals surface area contributed by atoms with Gasteiger partial charge in [0.15, 0.2) is 0 Å². The molecule has 0 aliphatic carbocycles. The highest BCUT2D eigenvalue weighted by atomic mass is 35.5. The molecule has 0 unspecified atom stereocenters. The number of rotatable bonds is 7. The number of methoxy groups -OCH3 is 1. The Morgan fingerprint density at radius 1 is 1.15 bits per heavy atom. The van der Waals surface area contributed by atoms with Crippen molar-refractivity contribution in [2.45, 2.75) is 6.54 Å². The highest BCUT2D eigenvalue weighted by molar-refractivity contribution is 7.92. The van der Waals surface area contributed by atoms with Crippen molar-refractivity contribution in [1.29, 1.82) is 0 Å².